The molecule has 7 nitrogen and oxygen atoms in total. The van der Waals surface area contributed by atoms with Gasteiger partial charge >= 0.3 is 0 Å². The van der Waals surface area contributed by atoms with E-state index >= 15 is 0 Å². The average Bonchev–Trinajstić information content (AvgIpc) is 2.93. The second-order valence-electron chi connectivity index (χ2n) is 4.43. The highest BCUT2D eigenvalue weighted by atomic mass is 16.5. The molecule has 0 saturated carbocycles. The Labute approximate surface area is 124 Å². The van der Waals surface area contributed by atoms with E-state index < -0.39 is 0 Å². The Hall–Kier alpha value is -2.57. The first-order chi connectivity index (χ1) is 10.2. The first kappa shape index (κ1) is 14.8. The number of benzene rings is 1. The Balaban J connectivity index is 1.86. The summed E-state index contributed by atoms with van der Waals surface area (Å²) in [4.78, 5) is 8.33. The quantitative estimate of drug-likeness (QED) is 0.625. The van der Waals surface area contributed by atoms with Crippen LogP contribution in [0, 0.1) is 0 Å². The maximum Gasteiger partial charge on any atom is 0.191 e. The predicted molar refractivity (Wildman–Crippen MR) is 81.0 cm³/mol. The summed E-state index contributed by atoms with van der Waals surface area (Å²) in [5, 5.41) is 10.5. The van der Waals surface area contributed by atoms with Crippen LogP contribution in [-0.2, 0) is 20.1 Å². The summed E-state index contributed by atoms with van der Waals surface area (Å²) in [6.45, 7) is 1.23. The molecule has 112 valence electrons. The van der Waals surface area contributed by atoms with Gasteiger partial charge in [-0.25, -0.2) is 4.98 Å². The van der Waals surface area contributed by atoms with Gasteiger partial charge in [0.1, 0.15) is 17.9 Å². The number of hydrogen-bond donors (Lipinski definition) is 2. The Morgan fingerprint density at radius 2 is 2.14 bits per heavy atom. The van der Waals surface area contributed by atoms with Crippen LogP contribution in [0.4, 0.5) is 0 Å². The number of aryl methyl sites for hydroxylation is 1. The SMILES string of the molecule is CN=C(NCc1cccc(OC)c1)NCc1ncnn1C. The van der Waals surface area contributed by atoms with E-state index in [0.29, 0.717) is 19.0 Å². The van der Waals surface area contributed by atoms with Gasteiger partial charge in [0.15, 0.2) is 5.96 Å². The van der Waals surface area contributed by atoms with Crippen LogP contribution >= 0.6 is 0 Å². The maximum absolute atomic E-state index is 5.21. The lowest BCUT2D eigenvalue weighted by Crippen LogP contribution is -2.36. The van der Waals surface area contributed by atoms with E-state index in [-0.39, 0.29) is 0 Å². The van der Waals surface area contributed by atoms with Gasteiger partial charge in [-0.15, -0.1) is 0 Å². The molecule has 0 unspecified atom stereocenters. The Bertz CT molecular complexity index is 607. The first-order valence-corrected chi connectivity index (χ1v) is 6.63. The maximum atomic E-state index is 5.21. The van der Waals surface area contributed by atoms with E-state index in [1.165, 1.54) is 6.33 Å². The molecular weight excluding hydrogens is 268 g/mol. The Morgan fingerprint density at radius 3 is 2.81 bits per heavy atom. The molecule has 0 atom stereocenters. The molecule has 0 saturated heterocycles. The molecule has 0 fully saturated rings. The fourth-order valence-corrected chi connectivity index (χ4v) is 1.83. The topological polar surface area (TPSA) is 76.4 Å². The first-order valence-electron chi connectivity index (χ1n) is 6.63. The van der Waals surface area contributed by atoms with Gasteiger partial charge in [-0.3, -0.25) is 9.67 Å². The van der Waals surface area contributed by atoms with Crippen molar-refractivity contribution in [1.29, 1.82) is 0 Å². The molecule has 0 spiro atoms. The van der Waals surface area contributed by atoms with Crippen LogP contribution in [0.2, 0.25) is 0 Å². The van der Waals surface area contributed by atoms with E-state index in [9.17, 15) is 0 Å². The molecule has 0 amide bonds. The molecule has 1 aromatic carbocycles. The molecule has 1 heterocycles. The van der Waals surface area contributed by atoms with Gasteiger partial charge in [-0.2, -0.15) is 5.10 Å². The summed E-state index contributed by atoms with van der Waals surface area (Å²) >= 11 is 0. The highest BCUT2D eigenvalue weighted by Crippen LogP contribution is 2.11. The normalized spacial score (nSPS) is 11.3. The zero-order valence-electron chi connectivity index (χ0n) is 12.5. The van der Waals surface area contributed by atoms with Gasteiger partial charge < -0.3 is 15.4 Å². The minimum atomic E-state index is 0.564. The van der Waals surface area contributed by atoms with Crippen molar-refractivity contribution >= 4 is 5.96 Å². The van der Waals surface area contributed by atoms with Crippen molar-refractivity contribution in [1.82, 2.24) is 25.4 Å². The lowest BCUT2D eigenvalue weighted by molar-refractivity contribution is 0.414. The number of ether oxygens (including phenoxy) is 1. The fourth-order valence-electron chi connectivity index (χ4n) is 1.83. The van der Waals surface area contributed by atoms with E-state index in [1.54, 1.807) is 18.8 Å². The van der Waals surface area contributed by atoms with Gasteiger partial charge in [-0.1, -0.05) is 12.1 Å². The van der Waals surface area contributed by atoms with Gasteiger partial charge in [0.25, 0.3) is 0 Å². The lowest BCUT2D eigenvalue weighted by atomic mass is 10.2. The number of methoxy groups -OCH3 is 1. The second kappa shape index (κ2) is 7.28. The lowest BCUT2D eigenvalue weighted by Gasteiger charge is -2.12. The summed E-state index contributed by atoms with van der Waals surface area (Å²) in [7, 11) is 5.25. The molecule has 2 rings (SSSR count). The number of hydrogen-bond acceptors (Lipinski definition) is 4. The van der Waals surface area contributed by atoms with Crippen molar-refractivity contribution in [3.05, 3.63) is 42.0 Å². The largest absolute Gasteiger partial charge is 0.497 e. The van der Waals surface area contributed by atoms with Crippen LogP contribution in [0.1, 0.15) is 11.4 Å². The molecule has 0 aliphatic carbocycles. The summed E-state index contributed by atoms with van der Waals surface area (Å²) in [5.41, 5.74) is 1.12. The molecule has 1 aromatic heterocycles. The Kier molecular flexibility index (Phi) is 5.14. The van der Waals surface area contributed by atoms with Crippen LogP contribution in [0.5, 0.6) is 5.75 Å². The average molecular weight is 288 g/mol. The molecule has 0 radical (unpaired) electrons. The highest BCUT2D eigenvalue weighted by molar-refractivity contribution is 5.79. The highest BCUT2D eigenvalue weighted by Gasteiger charge is 2.03. The van der Waals surface area contributed by atoms with Gasteiger partial charge in [0.2, 0.25) is 0 Å². The molecule has 0 aliphatic heterocycles. The van der Waals surface area contributed by atoms with E-state index in [2.05, 4.69) is 25.7 Å². The number of rotatable bonds is 5. The molecule has 2 aromatic rings. The monoisotopic (exact) mass is 288 g/mol. The van der Waals surface area contributed by atoms with Gasteiger partial charge in [0.05, 0.1) is 13.7 Å². The van der Waals surface area contributed by atoms with Crippen LogP contribution in [0.25, 0.3) is 0 Å². The van der Waals surface area contributed by atoms with Crippen molar-refractivity contribution in [2.24, 2.45) is 12.0 Å². The molecule has 0 bridgehead atoms. The third-order valence-electron chi connectivity index (χ3n) is 3.04. The summed E-state index contributed by atoms with van der Waals surface area (Å²) < 4.78 is 6.93. The fraction of sp³-hybridized carbons (Fsp3) is 0.357. The van der Waals surface area contributed by atoms with Crippen LogP contribution in [0.15, 0.2) is 35.6 Å². The van der Waals surface area contributed by atoms with Crippen molar-refractivity contribution in [2.45, 2.75) is 13.1 Å². The standard InChI is InChI=1S/C14H20N6O/c1-15-14(17-9-13-18-10-19-20(13)2)16-8-11-5-4-6-12(7-11)21-3/h4-7,10H,8-9H2,1-3H3,(H2,15,16,17). The van der Waals surface area contributed by atoms with E-state index in [1.807, 2.05) is 31.3 Å². The van der Waals surface area contributed by atoms with Gasteiger partial charge in [-0.05, 0) is 17.7 Å². The molecule has 7 heteroatoms. The zero-order valence-corrected chi connectivity index (χ0v) is 12.5. The zero-order chi connectivity index (χ0) is 15.1. The number of aromatic nitrogens is 3. The molecule has 0 aliphatic rings. The minimum Gasteiger partial charge on any atom is -0.497 e. The Morgan fingerprint density at radius 1 is 1.33 bits per heavy atom. The second-order valence-corrected chi connectivity index (χ2v) is 4.43. The molecular formula is C14H20N6O. The number of aliphatic imine (C=N–C) groups is 1. The molecule has 2 N–H and O–H groups in total. The van der Waals surface area contributed by atoms with E-state index in [4.69, 9.17) is 4.74 Å². The molecule has 21 heavy (non-hydrogen) atoms. The third kappa shape index (κ3) is 4.20. The van der Waals surface area contributed by atoms with Crippen molar-refractivity contribution in [3.8, 4) is 5.75 Å². The van der Waals surface area contributed by atoms with Crippen molar-refractivity contribution in [2.75, 3.05) is 14.2 Å². The van der Waals surface area contributed by atoms with Crippen LogP contribution in [-0.4, -0.2) is 34.9 Å². The van der Waals surface area contributed by atoms with E-state index in [0.717, 1.165) is 17.1 Å². The number of nitrogens with one attached hydrogen (secondary N) is 2. The van der Waals surface area contributed by atoms with Gasteiger partial charge in [0, 0.05) is 20.6 Å². The number of guanidine groups is 1. The third-order valence-corrected chi connectivity index (χ3v) is 3.04. The summed E-state index contributed by atoms with van der Waals surface area (Å²) in [6, 6.07) is 7.91. The summed E-state index contributed by atoms with van der Waals surface area (Å²) in [5.74, 6) is 2.40. The minimum absolute atomic E-state index is 0.564. The van der Waals surface area contributed by atoms with Crippen molar-refractivity contribution < 1.29 is 4.74 Å². The predicted octanol–water partition coefficient (Wildman–Crippen LogP) is 0.689. The summed E-state index contributed by atoms with van der Waals surface area (Å²) in [6.07, 6.45) is 1.53. The van der Waals surface area contributed by atoms with Crippen LogP contribution < -0.4 is 15.4 Å². The van der Waals surface area contributed by atoms with Crippen LogP contribution in [0.3, 0.4) is 0 Å². The number of nitrogens with zero attached hydrogens (tertiary/aromatic N) is 4. The van der Waals surface area contributed by atoms with Crippen molar-refractivity contribution in [3.63, 3.8) is 0 Å². The smallest absolute Gasteiger partial charge is 0.191 e.